The van der Waals surface area contributed by atoms with Gasteiger partial charge in [-0.05, 0) is 19.3 Å². The maximum absolute atomic E-state index is 2.85. The molecule has 3 rings (SSSR count). The molecule has 1 spiro atoms. The maximum atomic E-state index is 2.85. The number of hydrogen-bond acceptors (Lipinski definition) is 2. The van der Waals surface area contributed by atoms with Crippen molar-refractivity contribution in [2.24, 2.45) is 0 Å². The van der Waals surface area contributed by atoms with Crippen molar-refractivity contribution in [1.82, 2.24) is 9.80 Å². The highest BCUT2D eigenvalue weighted by Crippen LogP contribution is 2.39. The molecule has 0 aromatic rings. The van der Waals surface area contributed by atoms with Crippen molar-refractivity contribution in [3.8, 4) is 0 Å². The first kappa shape index (κ1) is 13.9. The highest BCUT2D eigenvalue weighted by atomic mass is 15.5. The first-order valence-electron chi connectivity index (χ1n) is 8.92. The molecule has 3 fully saturated rings. The van der Waals surface area contributed by atoms with Crippen LogP contribution in [-0.4, -0.2) is 41.6 Å². The quantitative estimate of drug-likeness (QED) is 0.652. The molecule has 2 nitrogen and oxygen atoms in total. The van der Waals surface area contributed by atoms with Crippen LogP contribution in [0.5, 0.6) is 0 Å². The lowest BCUT2D eigenvalue weighted by Gasteiger charge is -2.48. The Morgan fingerprint density at radius 2 is 0.842 bits per heavy atom. The van der Waals surface area contributed by atoms with E-state index in [1.165, 1.54) is 103 Å². The summed E-state index contributed by atoms with van der Waals surface area (Å²) in [6.45, 7) is 5.44. The minimum absolute atomic E-state index is 0.497. The van der Waals surface area contributed by atoms with Crippen LogP contribution in [0.1, 0.15) is 77.0 Å². The lowest BCUT2D eigenvalue weighted by atomic mass is 9.89. The standard InChI is InChI=1S/C17H32N2/c1-2-4-6-8-11-17(12-9-7-5-3-1)18-13-10-14-19(17)16-15-18/h1-16H2. The number of nitrogens with zero attached hydrogens (tertiary/aromatic N) is 2. The van der Waals surface area contributed by atoms with Gasteiger partial charge in [0.05, 0.1) is 5.66 Å². The van der Waals surface area contributed by atoms with Crippen LogP contribution in [0.4, 0.5) is 0 Å². The molecule has 0 aromatic carbocycles. The first-order valence-corrected chi connectivity index (χ1v) is 8.92. The van der Waals surface area contributed by atoms with Crippen LogP contribution in [0, 0.1) is 0 Å². The molecule has 110 valence electrons. The predicted octanol–water partition coefficient (Wildman–Crippen LogP) is 4.01. The Kier molecular flexibility index (Phi) is 4.81. The Morgan fingerprint density at radius 3 is 1.32 bits per heavy atom. The topological polar surface area (TPSA) is 6.48 Å². The summed E-state index contributed by atoms with van der Waals surface area (Å²) in [5.74, 6) is 0. The van der Waals surface area contributed by atoms with Gasteiger partial charge in [-0.2, -0.15) is 0 Å². The van der Waals surface area contributed by atoms with Gasteiger partial charge in [-0.1, -0.05) is 57.8 Å². The fraction of sp³-hybridized carbons (Fsp3) is 1.00. The Labute approximate surface area is 119 Å². The van der Waals surface area contributed by atoms with Crippen molar-refractivity contribution in [2.75, 3.05) is 26.2 Å². The Bertz CT molecular complexity index is 246. The lowest BCUT2D eigenvalue weighted by Crippen LogP contribution is -2.57. The fourth-order valence-corrected chi connectivity index (χ4v) is 4.76. The van der Waals surface area contributed by atoms with E-state index in [-0.39, 0.29) is 0 Å². The molecule has 0 aromatic heterocycles. The van der Waals surface area contributed by atoms with Crippen molar-refractivity contribution in [2.45, 2.75) is 82.7 Å². The molecule has 3 aliphatic rings. The second-order valence-electron chi connectivity index (χ2n) is 6.99. The Balaban J connectivity index is 1.65. The summed E-state index contributed by atoms with van der Waals surface area (Å²) in [7, 11) is 0. The summed E-state index contributed by atoms with van der Waals surface area (Å²) in [6.07, 6.45) is 17.6. The van der Waals surface area contributed by atoms with Crippen LogP contribution in [0.3, 0.4) is 0 Å². The third-order valence-electron chi connectivity index (χ3n) is 5.83. The van der Waals surface area contributed by atoms with E-state index in [2.05, 4.69) is 9.80 Å². The summed E-state index contributed by atoms with van der Waals surface area (Å²) in [6, 6.07) is 0. The molecule has 2 heterocycles. The zero-order valence-electron chi connectivity index (χ0n) is 12.7. The lowest BCUT2D eigenvalue weighted by molar-refractivity contribution is -0.0366. The smallest absolute Gasteiger partial charge is 0.0738 e. The molecule has 2 unspecified atom stereocenters. The molecule has 0 N–H and O–H groups in total. The SMILES string of the molecule is C1CCCCCC2(CCCCC1)N1CCCN2CC1. The van der Waals surface area contributed by atoms with Gasteiger partial charge in [0.2, 0.25) is 0 Å². The highest BCUT2D eigenvalue weighted by Gasteiger charge is 2.47. The van der Waals surface area contributed by atoms with E-state index >= 15 is 0 Å². The Morgan fingerprint density at radius 1 is 0.421 bits per heavy atom. The zero-order chi connectivity index (χ0) is 13.0. The minimum atomic E-state index is 0.497. The molecule has 0 radical (unpaired) electrons. The largest absolute Gasteiger partial charge is 0.284 e. The van der Waals surface area contributed by atoms with Gasteiger partial charge in [0.15, 0.2) is 0 Å². The third kappa shape index (κ3) is 3.00. The van der Waals surface area contributed by atoms with Crippen molar-refractivity contribution in [3.63, 3.8) is 0 Å². The second kappa shape index (κ2) is 6.58. The van der Waals surface area contributed by atoms with E-state index in [1.54, 1.807) is 0 Å². The monoisotopic (exact) mass is 264 g/mol. The summed E-state index contributed by atoms with van der Waals surface area (Å²) in [5, 5.41) is 0. The van der Waals surface area contributed by atoms with E-state index in [4.69, 9.17) is 0 Å². The molecule has 1 aliphatic carbocycles. The van der Waals surface area contributed by atoms with E-state index in [1.807, 2.05) is 0 Å². The summed E-state index contributed by atoms with van der Waals surface area (Å²) in [5.41, 5.74) is 0.497. The average Bonchev–Trinajstić information content (AvgIpc) is 2.61. The zero-order valence-corrected chi connectivity index (χ0v) is 12.7. The van der Waals surface area contributed by atoms with E-state index in [9.17, 15) is 0 Å². The van der Waals surface area contributed by atoms with Gasteiger partial charge in [-0.25, -0.2) is 0 Å². The van der Waals surface area contributed by atoms with Crippen molar-refractivity contribution >= 4 is 0 Å². The van der Waals surface area contributed by atoms with Crippen LogP contribution < -0.4 is 0 Å². The van der Waals surface area contributed by atoms with Gasteiger partial charge < -0.3 is 0 Å². The van der Waals surface area contributed by atoms with Crippen molar-refractivity contribution in [3.05, 3.63) is 0 Å². The molecule has 2 aliphatic heterocycles. The summed E-state index contributed by atoms with van der Waals surface area (Å²) >= 11 is 0. The molecule has 2 bridgehead atoms. The number of hydrogen-bond donors (Lipinski definition) is 0. The van der Waals surface area contributed by atoms with Crippen LogP contribution >= 0.6 is 0 Å². The Hall–Kier alpha value is -0.0800. The van der Waals surface area contributed by atoms with E-state index in [0.717, 1.165) is 0 Å². The number of rotatable bonds is 0. The molecular formula is C17H32N2. The molecule has 2 saturated heterocycles. The van der Waals surface area contributed by atoms with E-state index < -0.39 is 0 Å². The normalized spacial score (nSPS) is 36.6. The fourth-order valence-electron chi connectivity index (χ4n) is 4.76. The molecule has 2 heteroatoms. The van der Waals surface area contributed by atoms with Gasteiger partial charge in [0.1, 0.15) is 0 Å². The maximum Gasteiger partial charge on any atom is 0.0738 e. The van der Waals surface area contributed by atoms with Gasteiger partial charge >= 0.3 is 0 Å². The summed E-state index contributed by atoms with van der Waals surface area (Å²) < 4.78 is 0. The predicted molar refractivity (Wildman–Crippen MR) is 81.3 cm³/mol. The minimum Gasteiger partial charge on any atom is -0.284 e. The van der Waals surface area contributed by atoms with Crippen molar-refractivity contribution in [1.29, 1.82) is 0 Å². The molecule has 1 saturated carbocycles. The molecule has 0 amide bonds. The third-order valence-corrected chi connectivity index (χ3v) is 5.83. The van der Waals surface area contributed by atoms with Gasteiger partial charge in [0, 0.05) is 26.2 Å². The first-order chi connectivity index (χ1) is 9.42. The highest BCUT2D eigenvalue weighted by molar-refractivity contribution is 4.99. The van der Waals surface area contributed by atoms with Crippen LogP contribution in [0.25, 0.3) is 0 Å². The van der Waals surface area contributed by atoms with Crippen LogP contribution in [0.2, 0.25) is 0 Å². The van der Waals surface area contributed by atoms with Gasteiger partial charge in [-0.15, -0.1) is 0 Å². The van der Waals surface area contributed by atoms with Crippen LogP contribution in [0.15, 0.2) is 0 Å². The molecule has 2 atom stereocenters. The van der Waals surface area contributed by atoms with Crippen molar-refractivity contribution < 1.29 is 0 Å². The van der Waals surface area contributed by atoms with Gasteiger partial charge in [-0.3, -0.25) is 9.80 Å². The molecule has 19 heavy (non-hydrogen) atoms. The van der Waals surface area contributed by atoms with Gasteiger partial charge in [0.25, 0.3) is 0 Å². The summed E-state index contributed by atoms with van der Waals surface area (Å²) in [4.78, 5) is 5.70. The van der Waals surface area contributed by atoms with E-state index in [0.29, 0.717) is 5.66 Å². The average molecular weight is 264 g/mol. The molecular weight excluding hydrogens is 232 g/mol. The van der Waals surface area contributed by atoms with Crippen LogP contribution in [-0.2, 0) is 0 Å². The second-order valence-corrected chi connectivity index (χ2v) is 6.99.